The van der Waals surface area contributed by atoms with Crippen LogP contribution in [0.5, 0.6) is 0 Å². The molecular weight excluding hydrogens is 440 g/mol. The summed E-state index contributed by atoms with van der Waals surface area (Å²) in [4.78, 5) is 11.6. The van der Waals surface area contributed by atoms with Gasteiger partial charge in [-0.3, -0.25) is 0 Å². The molecule has 1 fully saturated rings. The highest BCUT2D eigenvalue weighted by atomic mass is 16.7. The van der Waals surface area contributed by atoms with Crippen LogP contribution < -0.4 is 0 Å². The van der Waals surface area contributed by atoms with Gasteiger partial charge in [0.1, 0.15) is 11.3 Å². The van der Waals surface area contributed by atoms with Crippen molar-refractivity contribution in [3.63, 3.8) is 0 Å². The summed E-state index contributed by atoms with van der Waals surface area (Å²) in [5, 5.41) is 1.13. The van der Waals surface area contributed by atoms with E-state index in [0.717, 1.165) is 60.8 Å². The maximum absolute atomic E-state index is 11.6. The lowest BCUT2D eigenvalue weighted by molar-refractivity contribution is -0.148. The largest absolute Gasteiger partial charge is 0.462 e. The fourth-order valence-electron chi connectivity index (χ4n) is 4.62. The van der Waals surface area contributed by atoms with Crippen LogP contribution >= 0.6 is 0 Å². The molecule has 0 spiro atoms. The van der Waals surface area contributed by atoms with Gasteiger partial charge in [0.25, 0.3) is 0 Å². The lowest BCUT2D eigenvalue weighted by Gasteiger charge is -2.16. The predicted octanol–water partition coefficient (Wildman–Crippen LogP) is 7.23. The second-order valence-electron chi connectivity index (χ2n) is 9.87. The van der Waals surface area contributed by atoms with E-state index >= 15 is 0 Å². The molecule has 0 radical (unpaired) electrons. The topological polar surface area (TPSA) is 57.9 Å². The van der Waals surface area contributed by atoms with E-state index in [9.17, 15) is 4.79 Å². The second kappa shape index (κ2) is 11.2. The molecule has 1 saturated heterocycles. The van der Waals surface area contributed by atoms with Crippen LogP contribution in [-0.2, 0) is 25.4 Å². The number of hydrogen-bond acceptors (Lipinski definition) is 5. The average molecular weight is 477 g/mol. The van der Waals surface area contributed by atoms with E-state index in [-0.39, 0.29) is 18.2 Å². The lowest BCUT2D eigenvalue weighted by atomic mass is 10.0. The Morgan fingerprint density at radius 3 is 2.40 bits per heavy atom. The van der Waals surface area contributed by atoms with Crippen LogP contribution in [0.15, 0.2) is 71.2 Å². The number of carbonyl (C=O) groups excluding carboxylic acids is 1. The summed E-state index contributed by atoms with van der Waals surface area (Å²) in [6.07, 6.45) is 5.69. The molecule has 0 amide bonds. The highest BCUT2D eigenvalue weighted by Gasteiger charge is 2.40. The van der Waals surface area contributed by atoms with E-state index < -0.39 is 5.79 Å². The summed E-state index contributed by atoms with van der Waals surface area (Å²) in [5.74, 6) is -0.0153. The summed E-state index contributed by atoms with van der Waals surface area (Å²) in [7, 11) is 0. The molecule has 0 saturated carbocycles. The first-order valence-corrected chi connectivity index (χ1v) is 12.6. The number of unbranched alkanes of at least 4 members (excludes halogenated alkanes) is 1. The van der Waals surface area contributed by atoms with E-state index in [1.807, 2.05) is 32.0 Å². The van der Waals surface area contributed by atoms with Gasteiger partial charge in [0.2, 0.25) is 0 Å². The van der Waals surface area contributed by atoms with Crippen LogP contribution in [0.3, 0.4) is 0 Å². The molecule has 5 heteroatoms. The number of furan rings is 1. The van der Waals surface area contributed by atoms with Crippen molar-refractivity contribution in [2.24, 2.45) is 0 Å². The minimum absolute atomic E-state index is 0.0180. The van der Waals surface area contributed by atoms with Crippen molar-refractivity contribution < 1.29 is 23.4 Å². The van der Waals surface area contributed by atoms with Gasteiger partial charge < -0.3 is 18.6 Å². The lowest BCUT2D eigenvalue weighted by Crippen LogP contribution is -2.23. The third kappa shape index (κ3) is 6.83. The maximum atomic E-state index is 11.6. The van der Waals surface area contributed by atoms with E-state index in [0.29, 0.717) is 12.2 Å². The first kappa shape index (κ1) is 25.2. The van der Waals surface area contributed by atoms with Gasteiger partial charge in [-0.25, -0.2) is 4.79 Å². The third-order valence-electron chi connectivity index (χ3n) is 6.35. The molecule has 0 N–H and O–H groups in total. The predicted molar refractivity (Wildman–Crippen MR) is 138 cm³/mol. The van der Waals surface area contributed by atoms with Gasteiger partial charge in [-0.1, -0.05) is 55.5 Å². The van der Waals surface area contributed by atoms with Crippen LogP contribution in [0.1, 0.15) is 58.4 Å². The first-order valence-electron chi connectivity index (χ1n) is 12.6. The normalized spacial score (nSPS) is 19.2. The molecule has 1 unspecified atom stereocenters. The number of ether oxygens (including phenoxy) is 3. The summed E-state index contributed by atoms with van der Waals surface area (Å²) in [6.45, 7) is 9.56. The van der Waals surface area contributed by atoms with Crippen LogP contribution in [-0.4, -0.2) is 30.6 Å². The molecule has 1 aliphatic heterocycles. The number of carbonyl (C=O) groups is 1. The fraction of sp³-hybridized carbons (Fsp3) is 0.433. The van der Waals surface area contributed by atoms with Crippen molar-refractivity contribution in [1.82, 2.24) is 0 Å². The van der Waals surface area contributed by atoms with E-state index in [2.05, 4.69) is 43.0 Å². The number of hydrogen-bond donors (Lipinski definition) is 0. The molecule has 0 bridgehead atoms. The van der Waals surface area contributed by atoms with Crippen molar-refractivity contribution in [2.75, 3.05) is 6.61 Å². The molecule has 0 aliphatic carbocycles. The number of benzene rings is 2. The third-order valence-corrected chi connectivity index (χ3v) is 6.35. The van der Waals surface area contributed by atoms with Gasteiger partial charge in [0.05, 0.1) is 18.8 Å². The first-order chi connectivity index (χ1) is 16.8. The van der Waals surface area contributed by atoms with Crippen LogP contribution in [0.25, 0.3) is 22.3 Å². The summed E-state index contributed by atoms with van der Waals surface area (Å²) in [6, 6.07) is 18.8. The standard InChI is InChI=1S/C30H36O5/c1-21(2)29(31)32-18-10-15-26-25(34-30(3,4)35-26)14-9-8-11-22-16-17-24-20-28(33-27(24)19-22)23-12-6-5-7-13-23/h5-7,12-13,16-17,19-20,25-26H,1,8-11,14-15,18H2,2-4H3/t25-,26?/m0/s1. The Morgan fingerprint density at radius 1 is 0.971 bits per heavy atom. The molecule has 2 aromatic carbocycles. The van der Waals surface area contributed by atoms with Crippen molar-refractivity contribution in [1.29, 1.82) is 0 Å². The fourth-order valence-corrected chi connectivity index (χ4v) is 4.62. The van der Waals surface area contributed by atoms with Gasteiger partial charge in [0, 0.05) is 16.5 Å². The molecule has 5 nitrogen and oxygen atoms in total. The summed E-state index contributed by atoms with van der Waals surface area (Å²) in [5.41, 5.74) is 3.73. The monoisotopic (exact) mass is 476 g/mol. The van der Waals surface area contributed by atoms with Gasteiger partial charge >= 0.3 is 5.97 Å². The summed E-state index contributed by atoms with van der Waals surface area (Å²) < 4.78 is 23.6. The molecule has 4 rings (SSSR count). The van der Waals surface area contributed by atoms with Crippen LogP contribution in [0.4, 0.5) is 0 Å². The smallest absolute Gasteiger partial charge is 0.333 e. The molecule has 3 aromatic rings. The number of esters is 1. The molecule has 2 heterocycles. The molecular formula is C30H36O5. The SMILES string of the molecule is C=C(C)C(=O)OCCCC1OC(C)(C)O[C@H]1CCCCc1ccc2cc(-c3ccccc3)oc2c1. The van der Waals surface area contributed by atoms with E-state index in [1.54, 1.807) is 6.92 Å². The Balaban J connectivity index is 1.25. The molecule has 35 heavy (non-hydrogen) atoms. The Hall–Kier alpha value is -2.89. The molecule has 1 aliphatic rings. The molecule has 186 valence electrons. The van der Waals surface area contributed by atoms with Crippen LogP contribution in [0.2, 0.25) is 0 Å². The number of fused-ring (bicyclic) bond motifs is 1. The Kier molecular flexibility index (Phi) is 8.09. The maximum Gasteiger partial charge on any atom is 0.333 e. The highest BCUT2D eigenvalue weighted by molar-refractivity contribution is 5.86. The van der Waals surface area contributed by atoms with Crippen molar-refractivity contribution in [3.8, 4) is 11.3 Å². The molecule has 1 aromatic heterocycles. The van der Waals surface area contributed by atoms with Crippen molar-refractivity contribution >= 4 is 16.9 Å². The summed E-state index contributed by atoms with van der Waals surface area (Å²) >= 11 is 0. The van der Waals surface area contributed by atoms with Crippen molar-refractivity contribution in [2.45, 2.75) is 77.3 Å². The van der Waals surface area contributed by atoms with Gasteiger partial charge in [-0.2, -0.15) is 0 Å². The molecule has 2 atom stereocenters. The minimum atomic E-state index is -0.579. The zero-order valence-electron chi connectivity index (χ0n) is 21.0. The Labute approximate surface area is 208 Å². The number of rotatable bonds is 11. The van der Waals surface area contributed by atoms with Crippen LogP contribution in [0, 0.1) is 0 Å². The zero-order valence-corrected chi connectivity index (χ0v) is 21.0. The number of aryl methyl sites for hydroxylation is 1. The minimum Gasteiger partial charge on any atom is -0.462 e. The van der Waals surface area contributed by atoms with Gasteiger partial charge in [-0.05, 0) is 70.6 Å². The van der Waals surface area contributed by atoms with E-state index in [4.69, 9.17) is 18.6 Å². The zero-order chi connectivity index (χ0) is 24.8. The van der Waals surface area contributed by atoms with Gasteiger partial charge in [-0.15, -0.1) is 0 Å². The second-order valence-corrected chi connectivity index (χ2v) is 9.87. The highest BCUT2D eigenvalue weighted by Crippen LogP contribution is 2.33. The Morgan fingerprint density at radius 2 is 1.69 bits per heavy atom. The van der Waals surface area contributed by atoms with Gasteiger partial charge in [0.15, 0.2) is 5.79 Å². The average Bonchev–Trinajstić information content (AvgIpc) is 3.39. The van der Waals surface area contributed by atoms with Crippen molar-refractivity contribution in [3.05, 3.63) is 72.3 Å². The van der Waals surface area contributed by atoms with E-state index in [1.165, 1.54) is 5.56 Å². The Bertz CT molecular complexity index is 1140. The quantitative estimate of drug-likeness (QED) is 0.166.